The first-order valence-corrected chi connectivity index (χ1v) is 13.1. The van der Waals surface area contributed by atoms with Gasteiger partial charge in [-0.25, -0.2) is 18.5 Å². The Kier molecular flexibility index (Phi) is 7.81. The molecule has 37 heavy (non-hydrogen) atoms. The van der Waals surface area contributed by atoms with Gasteiger partial charge in [-0.15, -0.1) is 0 Å². The maximum Gasteiger partial charge on any atom is 0.459 e. The number of aliphatic hydroxyl groups excluding tert-OH is 1. The molecule has 4 rings (SSSR count). The van der Waals surface area contributed by atoms with Crippen LogP contribution in [0.1, 0.15) is 26.5 Å². The molecule has 0 radical (unpaired) electrons. The highest BCUT2D eigenvalue weighted by molar-refractivity contribution is 7.52. The summed E-state index contributed by atoms with van der Waals surface area (Å²) in [6, 6.07) is 10.3. The first-order chi connectivity index (χ1) is 17.6. The molecule has 14 heteroatoms. The fourth-order valence-electron chi connectivity index (χ4n) is 4.07. The Morgan fingerprint density at radius 2 is 2.08 bits per heavy atom. The lowest BCUT2D eigenvalue weighted by atomic mass is 9.94. The van der Waals surface area contributed by atoms with Crippen LogP contribution in [-0.2, 0) is 29.0 Å². The Labute approximate surface area is 212 Å². The molecule has 1 aliphatic heterocycles. The topological polar surface area (TPSA) is 160 Å². The van der Waals surface area contributed by atoms with Crippen molar-refractivity contribution < 1.29 is 37.4 Å². The number of ether oxygens (including phenoxy) is 2. The van der Waals surface area contributed by atoms with E-state index in [0.717, 1.165) is 0 Å². The molecule has 2 aromatic heterocycles. The second-order valence-corrected chi connectivity index (χ2v) is 10.3. The number of nitrogens with one attached hydrogen (secondary N) is 1. The number of rotatable bonds is 10. The van der Waals surface area contributed by atoms with E-state index >= 15 is 4.39 Å². The number of hydrogen-bond donors (Lipinski definition) is 3. The fourth-order valence-corrected chi connectivity index (χ4v) is 5.57. The third-order valence-corrected chi connectivity index (χ3v) is 7.61. The Morgan fingerprint density at radius 1 is 1.35 bits per heavy atom. The fraction of sp³-hybridized carbons (Fsp3) is 0.435. The van der Waals surface area contributed by atoms with Crippen LogP contribution in [-0.4, -0.2) is 63.3 Å². The van der Waals surface area contributed by atoms with Crippen LogP contribution in [0.5, 0.6) is 5.75 Å². The number of nitrogens with zero attached hydrogens (tertiary/aromatic N) is 3. The molecule has 0 aliphatic carbocycles. The number of anilines is 1. The third-order valence-electron chi connectivity index (χ3n) is 5.96. The second-order valence-electron chi connectivity index (χ2n) is 8.62. The van der Waals surface area contributed by atoms with Crippen LogP contribution in [0.4, 0.5) is 10.2 Å². The van der Waals surface area contributed by atoms with Gasteiger partial charge in [0, 0.05) is 0 Å². The zero-order chi connectivity index (χ0) is 26.8. The number of alkyl halides is 1. The zero-order valence-electron chi connectivity index (χ0n) is 20.5. The normalized spacial score (nSPS) is 26.0. The van der Waals surface area contributed by atoms with Crippen LogP contribution in [0.2, 0.25) is 0 Å². The van der Waals surface area contributed by atoms with Gasteiger partial charge in [-0.3, -0.25) is 9.32 Å². The highest BCUT2D eigenvalue weighted by Gasteiger charge is 2.55. The number of aliphatic hydroxyl groups is 1. The number of halogens is 1. The maximum atomic E-state index is 15.5. The van der Waals surface area contributed by atoms with E-state index in [-0.39, 0.29) is 18.2 Å². The number of carbonyl (C=O) groups is 1. The molecule has 0 spiro atoms. The predicted octanol–water partition coefficient (Wildman–Crippen LogP) is 2.37. The minimum atomic E-state index is -4.23. The van der Waals surface area contributed by atoms with Gasteiger partial charge >= 0.3 is 13.7 Å². The number of fused-ring (bicyclic) bond motifs is 1. The summed E-state index contributed by atoms with van der Waals surface area (Å²) in [5.41, 5.74) is 4.98. The summed E-state index contributed by atoms with van der Waals surface area (Å²) in [4.78, 5) is 16.0. The standard InChI is InChI=1S/C23H29FN5O7P/c1-4-33-22(31)14(2)28-37(32,36-15-8-6-5-7-9-15)34-12-17-19(30)20(24)23(3,35-17)18-11-10-16-21(25)26-13-27-29(16)18/h5-11,13-14,17,19-20,30H,4,12H2,1-3H3,(H,28,32)(H2,25,26,27)/t14-,17-,19-,20-,23-,37?/m1/s1. The summed E-state index contributed by atoms with van der Waals surface area (Å²) >= 11 is 0. The van der Waals surface area contributed by atoms with E-state index < -0.39 is 50.3 Å². The van der Waals surface area contributed by atoms with Gasteiger partial charge in [-0.2, -0.15) is 10.2 Å². The molecule has 4 N–H and O–H groups in total. The predicted molar refractivity (Wildman–Crippen MR) is 130 cm³/mol. The molecular weight excluding hydrogens is 508 g/mol. The van der Waals surface area contributed by atoms with Crippen molar-refractivity contribution in [3.63, 3.8) is 0 Å². The third kappa shape index (κ3) is 5.46. The summed E-state index contributed by atoms with van der Waals surface area (Å²) in [5.74, 6) is -0.273. The maximum absolute atomic E-state index is 15.5. The van der Waals surface area contributed by atoms with Crippen LogP contribution in [0.3, 0.4) is 0 Å². The van der Waals surface area contributed by atoms with E-state index in [0.29, 0.717) is 11.2 Å². The molecule has 0 bridgehead atoms. The summed E-state index contributed by atoms with van der Waals surface area (Å²) in [6.07, 6.45) is -3.54. The van der Waals surface area contributed by atoms with E-state index in [4.69, 9.17) is 24.3 Å². The van der Waals surface area contributed by atoms with Crippen LogP contribution in [0.15, 0.2) is 48.8 Å². The summed E-state index contributed by atoms with van der Waals surface area (Å²) in [5, 5.41) is 17.3. The summed E-state index contributed by atoms with van der Waals surface area (Å²) in [6.45, 7) is 4.13. The first-order valence-electron chi connectivity index (χ1n) is 11.6. The highest BCUT2D eigenvalue weighted by atomic mass is 31.2. The Hall–Kier alpha value is -3.09. The van der Waals surface area contributed by atoms with Gasteiger partial charge < -0.3 is 24.8 Å². The zero-order valence-corrected chi connectivity index (χ0v) is 21.4. The second kappa shape index (κ2) is 10.7. The molecular formula is C23H29FN5O7P. The minimum absolute atomic E-state index is 0.124. The van der Waals surface area contributed by atoms with Crippen LogP contribution < -0.4 is 15.3 Å². The minimum Gasteiger partial charge on any atom is -0.465 e. The van der Waals surface area contributed by atoms with Crippen molar-refractivity contribution in [2.45, 2.75) is 50.8 Å². The van der Waals surface area contributed by atoms with Gasteiger partial charge in [-0.1, -0.05) is 18.2 Å². The molecule has 1 saturated heterocycles. The highest BCUT2D eigenvalue weighted by Crippen LogP contribution is 2.47. The van der Waals surface area contributed by atoms with Gasteiger partial charge in [0.15, 0.2) is 12.0 Å². The van der Waals surface area contributed by atoms with Crippen LogP contribution in [0.25, 0.3) is 5.52 Å². The largest absolute Gasteiger partial charge is 0.465 e. The number of aromatic nitrogens is 3. The van der Waals surface area contributed by atoms with Gasteiger partial charge in [0.1, 0.15) is 41.4 Å². The van der Waals surface area contributed by atoms with Crippen molar-refractivity contribution in [1.29, 1.82) is 0 Å². The monoisotopic (exact) mass is 537 g/mol. The molecule has 200 valence electrons. The SMILES string of the molecule is CCOC(=O)[C@@H](C)NP(=O)(OC[C@H]1O[C@](C)(c2ccc3c(N)ncnn23)[C@H](F)[C@@H]1O)Oc1ccccc1. The number of carbonyl (C=O) groups excluding carboxylic acids is 1. The Morgan fingerprint density at radius 3 is 2.78 bits per heavy atom. The molecule has 3 aromatic rings. The van der Waals surface area contributed by atoms with Gasteiger partial charge in [0.05, 0.1) is 18.9 Å². The molecule has 12 nitrogen and oxygen atoms in total. The number of nitrogens with two attached hydrogens (primary N) is 1. The van der Waals surface area contributed by atoms with E-state index in [9.17, 15) is 14.5 Å². The quantitative estimate of drug-likeness (QED) is 0.257. The number of hydrogen-bond acceptors (Lipinski definition) is 10. The Bertz CT molecular complexity index is 1290. The van der Waals surface area contributed by atoms with Crippen molar-refractivity contribution >= 4 is 25.1 Å². The van der Waals surface area contributed by atoms with E-state index in [1.165, 1.54) is 24.7 Å². The lowest BCUT2D eigenvalue weighted by molar-refractivity contribution is -0.144. The van der Waals surface area contributed by atoms with Crippen molar-refractivity contribution in [3.05, 3.63) is 54.5 Å². The van der Waals surface area contributed by atoms with Gasteiger partial charge in [-0.05, 0) is 45.0 Å². The van der Waals surface area contributed by atoms with Crippen molar-refractivity contribution in [2.75, 3.05) is 18.9 Å². The Balaban J connectivity index is 1.54. The van der Waals surface area contributed by atoms with Gasteiger partial charge in [0.2, 0.25) is 0 Å². The van der Waals surface area contributed by atoms with Crippen LogP contribution >= 0.6 is 7.75 Å². The molecule has 3 heterocycles. The van der Waals surface area contributed by atoms with E-state index in [1.54, 1.807) is 49.4 Å². The molecule has 1 fully saturated rings. The first kappa shape index (κ1) is 27.0. The molecule has 0 amide bonds. The molecule has 6 atom stereocenters. The van der Waals surface area contributed by atoms with Crippen molar-refractivity contribution in [1.82, 2.24) is 19.7 Å². The molecule has 1 unspecified atom stereocenters. The number of nitrogen functional groups attached to an aromatic ring is 1. The lowest BCUT2D eigenvalue weighted by Crippen LogP contribution is -2.37. The number of esters is 1. The lowest BCUT2D eigenvalue weighted by Gasteiger charge is -2.27. The van der Waals surface area contributed by atoms with Crippen LogP contribution in [0, 0.1) is 0 Å². The smallest absolute Gasteiger partial charge is 0.459 e. The number of para-hydroxylation sites is 1. The summed E-state index contributed by atoms with van der Waals surface area (Å²) in [7, 11) is -4.23. The average molecular weight is 537 g/mol. The number of benzene rings is 1. The molecule has 0 saturated carbocycles. The molecule has 1 aliphatic rings. The molecule has 1 aromatic carbocycles. The van der Waals surface area contributed by atoms with E-state index in [1.807, 2.05) is 0 Å². The average Bonchev–Trinajstić information content (AvgIpc) is 3.40. The van der Waals surface area contributed by atoms with Crippen molar-refractivity contribution in [2.24, 2.45) is 0 Å². The van der Waals surface area contributed by atoms with E-state index in [2.05, 4.69) is 15.2 Å². The summed E-state index contributed by atoms with van der Waals surface area (Å²) < 4.78 is 52.5. The van der Waals surface area contributed by atoms with Crippen molar-refractivity contribution in [3.8, 4) is 5.75 Å². The van der Waals surface area contributed by atoms with Gasteiger partial charge in [0.25, 0.3) is 0 Å².